The number of aliphatic hydroxyl groups excluding tert-OH is 2. The summed E-state index contributed by atoms with van der Waals surface area (Å²) >= 11 is 0. The van der Waals surface area contributed by atoms with Crippen LogP contribution < -0.4 is 22.1 Å². The van der Waals surface area contributed by atoms with Gasteiger partial charge in [0.2, 0.25) is 0 Å². The second-order valence-corrected chi connectivity index (χ2v) is 4.96. The van der Waals surface area contributed by atoms with Crippen LogP contribution in [0, 0.1) is 0 Å². The van der Waals surface area contributed by atoms with Crippen molar-refractivity contribution in [1.82, 2.24) is 10.6 Å². The van der Waals surface area contributed by atoms with Crippen LogP contribution in [0.2, 0.25) is 0 Å². The summed E-state index contributed by atoms with van der Waals surface area (Å²) in [5, 5.41) is 24.8. The average molecular weight is 276 g/mol. The van der Waals surface area contributed by atoms with Gasteiger partial charge in [-0.15, -0.1) is 0 Å². The quantitative estimate of drug-likeness (QED) is 0.221. The SMILES string of the molecule is NC[C@@H](O)CNCCCCCCCNC[C@@H](O)CN. The highest BCUT2D eigenvalue weighted by Gasteiger charge is 1.99. The Balaban J connectivity index is 3.03. The molecule has 2 atom stereocenters. The largest absolute Gasteiger partial charge is 0.390 e. The number of aliphatic hydroxyl groups is 2. The Morgan fingerprint density at radius 2 is 1.05 bits per heavy atom. The molecule has 0 heterocycles. The predicted molar refractivity (Wildman–Crippen MR) is 78.9 cm³/mol. The van der Waals surface area contributed by atoms with Crippen molar-refractivity contribution >= 4 is 0 Å². The third-order valence-corrected chi connectivity index (χ3v) is 3.01. The summed E-state index contributed by atoms with van der Waals surface area (Å²) in [6, 6.07) is 0. The first-order chi connectivity index (χ1) is 9.20. The van der Waals surface area contributed by atoms with E-state index in [-0.39, 0.29) is 0 Å². The first-order valence-electron chi connectivity index (χ1n) is 7.38. The lowest BCUT2D eigenvalue weighted by atomic mass is 10.1. The molecule has 6 heteroatoms. The minimum atomic E-state index is -0.421. The molecular weight excluding hydrogens is 244 g/mol. The zero-order chi connectivity index (χ0) is 14.3. The second-order valence-electron chi connectivity index (χ2n) is 4.96. The van der Waals surface area contributed by atoms with Crippen molar-refractivity contribution in [2.75, 3.05) is 39.3 Å². The maximum Gasteiger partial charge on any atom is 0.0786 e. The van der Waals surface area contributed by atoms with E-state index in [1.807, 2.05) is 0 Å². The van der Waals surface area contributed by atoms with E-state index in [1.54, 1.807) is 0 Å². The minimum Gasteiger partial charge on any atom is -0.390 e. The fraction of sp³-hybridized carbons (Fsp3) is 1.00. The lowest BCUT2D eigenvalue weighted by molar-refractivity contribution is 0.179. The van der Waals surface area contributed by atoms with Crippen LogP contribution in [-0.4, -0.2) is 61.7 Å². The van der Waals surface area contributed by atoms with E-state index in [0.717, 1.165) is 25.9 Å². The zero-order valence-electron chi connectivity index (χ0n) is 12.0. The topological polar surface area (TPSA) is 117 Å². The molecule has 6 nitrogen and oxygen atoms in total. The van der Waals surface area contributed by atoms with Gasteiger partial charge < -0.3 is 32.3 Å². The normalized spacial score (nSPS) is 14.5. The van der Waals surface area contributed by atoms with Crippen LogP contribution in [-0.2, 0) is 0 Å². The lowest BCUT2D eigenvalue weighted by Crippen LogP contribution is -2.33. The monoisotopic (exact) mass is 276 g/mol. The zero-order valence-corrected chi connectivity index (χ0v) is 12.0. The number of hydrogen-bond acceptors (Lipinski definition) is 6. The maximum atomic E-state index is 9.22. The van der Waals surface area contributed by atoms with E-state index >= 15 is 0 Å². The van der Waals surface area contributed by atoms with Crippen molar-refractivity contribution in [1.29, 1.82) is 0 Å². The van der Waals surface area contributed by atoms with Crippen molar-refractivity contribution in [2.45, 2.75) is 44.3 Å². The van der Waals surface area contributed by atoms with Gasteiger partial charge in [-0.25, -0.2) is 0 Å². The Hall–Kier alpha value is -0.240. The molecule has 116 valence electrons. The summed E-state index contributed by atoms with van der Waals surface area (Å²) in [5.74, 6) is 0. The summed E-state index contributed by atoms with van der Waals surface area (Å²) in [5.41, 5.74) is 10.6. The molecule has 0 aliphatic rings. The summed E-state index contributed by atoms with van der Waals surface area (Å²) < 4.78 is 0. The first kappa shape index (κ1) is 18.8. The molecule has 8 N–H and O–H groups in total. The first-order valence-corrected chi connectivity index (χ1v) is 7.38. The summed E-state index contributed by atoms with van der Waals surface area (Å²) in [4.78, 5) is 0. The van der Waals surface area contributed by atoms with Crippen LogP contribution in [0.1, 0.15) is 32.1 Å². The van der Waals surface area contributed by atoms with Gasteiger partial charge in [-0.2, -0.15) is 0 Å². The van der Waals surface area contributed by atoms with Crippen molar-refractivity contribution in [3.63, 3.8) is 0 Å². The molecule has 0 aliphatic carbocycles. The second kappa shape index (κ2) is 14.2. The Morgan fingerprint density at radius 3 is 1.42 bits per heavy atom. The predicted octanol–water partition coefficient (Wildman–Crippen LogP) is -1.24. The van der Waals surface area contributed by atoms with Crippen LogP contribution >= 0.6 is 0 Å². The highest BCUT2D eigenvalue weighted by molar-refractivity contribution is 4.60. The standard InChI is InChI=1S/C13H32N4O2/c14-8-12(18)10-16-6-4-2-1-3-5-7-17-11-13(19)9-15/h12-13,16-19H,1-11,14-15H2/t12-,13+. The Bertz CT molecular complexity index is 166. The van der Waals surface area contributed by atoms with Gasteiger partial charge in [0, 0.05) is 26.2 Å². The van der Waals surface area contributed by atoms with Gasteiger partial charge in [0.1, 0.15) is 0 Å². The Morgan fingerprint density at radius 1 is 0.684 bits per heavy atom. The number of unbranched alkanes of at least 4 members (excludes halogenated alkanes) is 4. The summed E-state index contributed by atoms with van der Waals surface area (Å²) in [7, 11) is 0. The number of nitrogens with one attached hydrogen (secondary N) is 2. The van der Waals surface area contributed by atoms with Crippen LogP contribution in [0.15, 0.2) is 0 Å². The van der Waals surface area contributed by atoms with E-state index in [9.17, 15) is 10.2 Å². The molecule has 0 spiro atoms. The number of nitrogens with two attached hydrogens (primary N) is 2. The van der Waals surface area contributed by atoms with Gasteiger partial charge in [-0.1, -0.05) is 19.3 Å². The van der Waals surface area contributed by atoms with Crippen molar-refractivity contribution in [3.05, 3.63) is 0 Å². The molecule has 0 saturated carbocycles. The van der Waals surface area contributed by atoms with E-state index < -0.39 is 12.2 Å². The van der Waals surface area contributed by atoms with Gasteiger partial charge in [-0.3, -0.25) is 0 Å². The fourth-order valence-corrected chi connectivity index (χ4v) is 1.73. The minimum absolute atomic E-state index is 0.318. The van der Waals surface area contributed by atoms with Crippen LogP contribution in [0.5, 0.6) is 0 Å². The number of hydrogen-bond donors (Lipinski definition) is 6. The summed E-state index contributed by atoms with van der Waals surface area (Å²) in [6.07, 6.45) is 5.06. The van der Waals surface area contributed by atoms with Gasteiger partial charge in [0.05, 0.1) is 12.2 Å². The van der Waals surface area contributed by atoms with Gasteiger partial charge in [0.15, 0.2) is 0 Å². The Kier molecular flexibility index (Phi) is 14.0. The van der Waals surface area contributed by atoms with Crippen LogP contribution in [0.25, 0.3) is 0 Å². The molecule has 0 amide bonds. The average Bonchev–Trinajstić information content (AvgIpc) is 2.43. The summed E-state index contributed by atoms with van der Waals surface area (Å²) in [6.45, 7) is 3.70. The molecule has 0 bridgehead atoms. The molecule has 0 aromatic rings. The van der Waals surface area contributed by atoms with E-state index in [1.165, 1.54) is 19.3 Å². The molecule has 0 radical (unpaired) electrons. The highest BCUT2D eigenvalue weighted by Crippen LogP contribution is 2.01. The molecule has 19 heavy (non-hydrogen) atoms. The highest BCUT2D eigenvalue weighted by atomic mass is 16.3. The van der Waals surface area contributed by atoms with E-state index in [0.29, 0.717) is 26.2 Å². The molecule has 0 rings (SSSR count). The van der Waals surface area contributed by atoms with E-state index in [2.05, 4.69) is 10.6 Å². The number of rotatable bonds is 14. The third-order valence-electron chi connectivity index (χ3n) is 3.01. The molecule has 0 unspecified atom stereocenters. The lowest BCUT2D eigenvalue weighted by Gasteiger charge is -2.09. The Labute approximate surface area is 116 Å². The molecule has 0 fully saturated rings. The van der Waals surface area contributed by atoms with Crippen LogP contribution in [0.3, 0.4) is 0 Å². The van der Waals surface area contributed by atoms with Crippen LogP contribution in [0.4, 0.5) is 0 Å². The van der Waals surface area contributed by atoms with Crippen molar-refractivity contribution in [3.8, 4) is 0 Å². The molecule has 0 saturated heterocycles. The van der Waals surface area contributed by atoms with Gasteiger partial charge in [0.25, 0.3) is 0 Å². The maximum absolute atomic E-state index is 9.22. The van der Waals surface area contributed by atoms with Crippen molar-refractivity contribution in [2.24, 2.45) is 11.5 Å². The third kappa shape index (κ3) is 14.0. The molecule has 0 aliphatic heterocycles. The van der Waals surface area contributed by atoms with E-state index in [4.69, 9.17) is 11.5 Å². The smallest absolute Gasteiger partial charge is 0.0786 e. The molecule has 0 aromatic heterocycles. The van der Waals surface area contributed by atoms with Gasteiger partial charge in [-0.05, 0) is 25.9 Å². The van der Waals surface area contributed by atoms with Crippen molar-refractivity contribution < 1.29 is 10.2 Å². The fourth-order valence-electron chi connectivity index (χ4n) is 1.73. The molecule has 0 aromatic carbocycles. The molecular formula is C13H32N4O2. The van der Waals surface area contributed by atoms with Gasteiger partial charge >= 0.3 is 0 Å².